The molecule has 0 spiro atoms. The van der Waals surface area contributed by atoms with Gasteiger partial charge in [0.1, 0.15) is 0 Å². The quantitative estimate of drug-likeness (QED) is 0.798. The van der Waals surface area contributed by atoms with Gasteiger partial charge in [0.25, 0.3) is 0 Å². The second kappa shape index (κ2) is 5.98. The minimum atomic E-state index is 0.601. The number of hydrogen-bond donors (Lipinski definition) is 1. The summed E-state index contributed by atoms with van der Waals surface area (Å²) in [5.41, 5.74) is 4.08. The van der Waals surface area contributed by atoms with Crippen molar-refractivity contribution in [1.82, 2.24) is 4.98 Å². The van der Waals surface area contributed by atoms with Crippen LogP contribution < -0.4 is 5.32 Å². The maximum Gasteiger partial charge on any atom is 0.0813 e. The molecule has 2 rings (SSSR count). The molecule has 4 heteroatoms. The molecule has 1 heterocycles. The summed E-state index contributed by atoms with van der Waals surface area (Å²) in [6, 6.07) is 6.24. The molecule has 1 aromatic carbocycles. The van der Waals surface area contributed by atoms with Crippen LogP contribution in [0.25, 0.3) is 10.2 Å². The summed E-state index contributed by atoms with van der Waals surface area (Å²) in [5.74, 6) is 0.601. The van der Waals surface area contributed by atoms with E-state index in [1.54, 1.807) is 11.3 Å². The molecule has 17 heavy (non-hydrogen) atoms. The lowest BCUT2D eigenvalue weighted by Crippen LogP contribution is -2.11. The van der Waals surface area contributed by atoms with Gasteiger partial charge in [-0.3, -0.25) is 0 Å². The fraction of sp³-hybridized carbons (Fsp3) is 0.462. The number of ether oxygens (including phenoxy) is 1. The molecule has 0 aliphatic carbocycles. The normalized spacial score (nSPS) is 11.2. The third kappa shape index (κ3) is 3.68. The third-order valence-electron chi connectivity index (χ3n) is 2.36. The fourth-order valence-corrected chi connectivity index (χ4v) is 2.27. The van der Waals surface area contributed by atoms with E-state index in [-0.39, 0.29) is 0 Å². The summed E-state index contributed by atoms with van der Waals surface area (Å²) in [7, 11) is 0. The van der Waals surface area contributed by atoms with Crippen molar-refractivity contribution in [3.63, 3.8) is 0 Å². The van der Waals surface area contributed by atoms with Crippen LogP contribution in [0.5, 0.6) is 0 Å². The van der Waals surface area contributed by atoms with Crippen LogP contribution in [0, 0.1) is 5.92 Å². The Kier molecular flexibility index (Phi) is 4.34. The number of aromatic nitrogens is 1. The monoisotopic (exact) mass is 250 g/mol. The van der Waals surface area contributed by atoms with Crippen molar-refractivity contribution in [2.24, 2.45) is 5.92 Å². The lowest BCUT2D eigenvalue weighted by atomic mass is 10.2. The van der Waals surface area contributed by atoms with Gasteiger partial charge in [0.05, 0.1) is 22.3 Å². The van der Waals surface area contributed by atoms with Gasteiger partial charge in [-0.05, 0) is 24.1 Å². The first-order chi connectivity index (χ1) is 8.25. The molecular weight excluding hydrogens is 232 g/mol. The Hall–Kier alpha value is -1.13. The van der Waals surface area contributed by atoms with Crippen LogP contribution in [0.15, 0.2) is 23.7 Å². The van der Waals surface area contributed by atoms with Crippen LogP contribution in [0.1, 0.15) is 13.8 Å². The van der Waals surface area contributed by atoms with Gasteiger partial charge >= 0.3 is 0 Å². The van der Waals surface area contributed by atoms with Crippen LogP contribution in [0.2, 0.25) is 0 Å². The molecule has 0 atom stereocenters. The van der Waals surface area contributed by atoms with Gasteiger partial charge in [0.2, 0.25) is 0 Å². The molecule has 0 saturated heterocycles. The van der Waals surface area contributed by atoms with Gasteiger partial charge in [-0.1, -0.05) is 13.8 Å². The van der Waals surface area contributed by atoms with Gasteiger partial charge in [0.15, 0.2) is 0 Å². The second-order valence-corrected chi connectivity index (χ2v) is 5.32. The maximum absolute atomic E-state index is 5.52. The minimum absolute atomic E-state index is 0.601. The van der Waals surface area contributed by atoms with Crippen molar-refractivity contribution < 1.29 is 4.74 Å². The number of anilines is 1. The lowest BCUT2D eigenvalue weighted by molar-refractivity contribution is 0.118. The molecule has 0 amide bonds. The van der Waals surface area contributed by atoms with Gasteiger partial charge in [0, 0.05) is 18.8 Å². The van der Waals surface area contributed by atoms with Gasteiger partial charge < -0.3 is 10.1 Å². The smallest absolute Gasteiger partial charge is 0.0813 e. The molecule has 0 fully saturated rings. The molecule has 0 aliphatic heterocycles. The highest BCUT2D eigenvalue weighted by Gasteiger charge is 1.98. The Morgan fingerprint density at radius 1 is 1.41 bits per heavy atom. The largest absolute Gasteiger partial charge is 0.383 e. The van der Waals surface area contributed by atoms with Crippen molar-refractivity contribution in [2.45, 2.75) is 13.8 Å². The molecule has 92 valence electrons. The topological polar surface area (TPSA) is 34.1 Å². The zero-order valence-corrected chi connectivity index (χ0v) is 11.1. The fourth-order valence-electron chi connectivity index (χ4n) is 1.55. The molecule has 1 N–H and O–H groups in total. The highest BCUT2D eigenvalue weighted by molar-refractivity contribution is 7.16. The molecule has 0 saturated carbocycles. The highest BCUT2D eigenvalue weighted by atomic mass is 32.1. The zero-order chi connectivity index (χ0) is 12.1. The van der Waals surface area contributed by atoms with Crippen LogP contribution in [0.4, 0.5) is 5.69 Å². The number of nitrogens with zero attached hydrogens (tertiary/aromatic N) is 1. The molecule has 1 aromatic heterocycles. The molecule has 2 aromatic rings. The van der Waals surface area contributed by atoms with Crippen molar-refractivity contribution >= 4 is 27.2 Å². The Morgan fingerprint density at radius 3 is 3.12 bits per heavy atom. The summed E-state index contributed by atoms with van der Waals surface area (Å²) in [6.07, 6.45) is 0. The van der Waals surface area contributed by atoms with E-state index >= 15 is 0 Å². The minimum Gasteiger partial charge on any atom is -0.383 e. The zero-order valence-electron chi connectivity index (χ0n) is 10.3. The predicted octanol–water partition coefficient (Wildman–Crippen LogP) is 3.38. The molecule has 0 unspecified atom stereocenters. The predicted molar refractivity (Wildman–Crippen MR) is 73.8 cm³/mol. The van der Waals surface area contributed by atoms with Crippen LogP contribution in [-0.4, -0.2) is 24.7 Å². The first kappa shape index (κ1) is 12.3. The van der Waals surface area contributed by atoms with E-state index in [1.165, 1.54) is 4.70 Å². The molecular formula is C13H18N2OS. The summed E-state index contributed by atoms with van der Waals surface area (Å²) in [6.45, 7) is 6.74. The Morgan fingerprint density at radius 2 is 2.29 bits per heavy atom. The van der Waals surface area contributed by atoms with Gasteiger partial charge in [-0.25, -0.2) is 4.98 Å². The van der Waals surface area contributed by atoms with E-state index in [0.717, 1.165) is 31.0 Å². The van der Waals surface area contributed by atoms with Gasteiger partial charge in [-0.2, -0.15) is 0 Å². The number of benzene rings is 1. The Balaban J connectivity index is 1.78. The standard InChI is InChI=1S/C13H18N2OS/c1-10(2)8-16-6-5-14-11-3-4-12-13(7-11)17-9-15-12/h3-4,7,9-10,14H,5-6,8H2,1-2H3. The van der Waals surface area contributed by atoms with E-state index in [1.807, 2.05) is 11.6 Å². The van der Waals surface area contributed by atoms with Crippen molar-refractivity contribution in [3.05, 3.63) is 23.7 Å². The molecule has 3 nitrogen and oxygen atoms in total. The molecule has 0 bridgehead atoms. The summed E-state index contributed by atoms with van der Waals surface area (Å²) in [4.78, 5) is 4.25. The number of nitrogens with one attached hydrogen (secondary N) is 1. The summed E-state index contributed by atoms with van der Waals surface area (Å²) >= 11 is 1.67. The Labute approximate surface area is 106 Å². The maximum atomic E-state index is 5.52. The van der Waals surface area contributed by atoms with E-state index in [2.05, 4.69) is 36.3 Å². The second-order valence-electron chi connectivity index (χ2n) is 4.43. The van der Waals surface area contributed by atoms with Crippen LogP contribution in [0.3, 0.4) is 0 Å². The van der Waals surface area contributed by atoms with Crippen LogP contribution in [-0.2, 0) is 4.74 Å². The van der Waals surface area contributed by atoms with Crippen molar-refractivity contribution in [2.75, 3.05) is 25.1 Å². The average molecular weight is 250 g/mol. The first-order valence-corrected chi connectivity index (χ1v) is 6.78. The number of fused-ring (bicyclic) bond motifs is 1. The van der Waals surface area contributed by atoms with E-state index in [9.17, 15) is 0 Å². The highest BCUT2D eigenvalue weighted by Crippen LogP contribution is 2.21. The van der Waals surface area contributed by atoms with E-state index < -0.39 is 0 Å². The SMILES string of the molecule is CC(C)COCCNc1ccc2ncsc2c1. The first-order valence-electron chi connectivity index (χ1n) is 5.90. The lowest BCUT2D eigenvalue weighted by Gasteiger charge is -2.08. The van der Waals surface area contributed by atoms with Crippen molar-refractivity contribution in [1.29, 1.82) is 0 Å². The van der Waals surface area contributed by atoms with Crippen LogP contribution >= 0.6 is 11.3 Å². The molecule has 0 radical (unpaired) electrons. The van der Waals surface area contributed by atoms with E-state index in [0.29, 0.717) is 5.92 Å². The van der Waals surface area contributed by atoms with E-state index in [4.69, 9.17) is 4.74 Å². The third-order valence-corrected chi connectivity index (χ3v) is 3.15. The number of thiazole rings is 1. The summed E-state index contributed by atoms with van der Waals surface area (Å²) in [5, 5.41) is 3.35. The molecule has 0 aliphatic rings. The Bertz CT molecular complexity index is 467. The van der Waals surface area contributed by atoms with Crippen molar-refractivity contribution in [3.8, 4) is 0 Å². The number of rotatable bonds is 6. The number of hydrogen-bond acceptors (Lipinski definition) is 4. The van der Waals surface area contributed by atoms with Gasteiger partial charge in [-0.15, -0.1) is 11.3 Å². The summed E-state index contributed by atoms with van der Waals surface area (Å²) < 4.78 is 6.74. The average Bonchev–Trinajstić information content (AvgIpc) is 2.75.